The minimum atomic E-state index is -1.09. The van der Waals surface area contributed by atoms with Gasteiger partial charge in [-0.05, 0) is 37.8 Å². The predicted molar refractivity (Wildman–Crippen MR) is 102 cm³/mol. The monoisotopic (exact) mass is 386 g/mol. The summed E-state index contributed by atoms with van der Waals surface area (Å²) in [6, 6.07) is 5.50. The van der Waals surface area contributed by atoms with E-state index in [1.54, 1.807) is 38.1 Å². The van der Waals surface area contributed by atoms with Gasteiger partial charge in [0.15, 0.2) is 6.10 Å². The highest BCUT2D eigenvalue weighted by Crippen LogP contribution is 2.28. The summed E-state index contributed by atoms with van der Waals surface area (Å²) < 4.78 is 5.36. The first-order valence-electron chi connectivity index (χ1n) is 9.79. The van der Waals surface area contributed by atoms with E-state index in [0.717, 1.165) is 30.6 Å². The quantitative estimate of drug-likeness (QED) is 0.598. The zero-order valence-corrected chi connectivity index (χ0v) is 16.4. The maximum Gasteiger partial charge on any atom is 0.330 e. The number of ether oxygens (including phenoxy) is 1. The van der Waals surface area contributed by atoms with E-state index < -0.39 is 29.9 Å². The first-order chi connectivity index (χ1) is 13.3. The lowest BCUT2D eigenvalue weighted by Crippen LogP contribution is -2.50. The molecule has 0 unspecified atom stereocenters. The number of carbonyl (C=O) groups is 4. The fourth-order valence-corrected chi connectivity index (χ4v) is 3.82. The van der Waals surface area contributed by atoms with E-state index in [2.05, 4.69) is 5.32 Å². The Labute approximate surface area is 164 Å². The number of hydrogen-bond donors (Lipinski definition) is 1. The van der Waals surface area contributed by atoms with Crippen LogP contribution < -0.4 is 5.32 Å². The minimum Gasteiger partial charge on any atom is -0.451 e. The molecular weight excluding hydrogens is 360 g/mol. The van der Waals surface area contributed by atoms with Gasteiger partial charge in [-0.1, -0.05) is 38.8 Å². The molecule has 1 aromatic rings. The van der Waals surface area contributed by atoms with Crippen molar-refractivity contribution >= 4 is 23.7 Å². The molecule has 1 aliphatic heterocycles. The van der Waals surface area contributed by atoms with Crippen LogP contribution in [0.15, 0.2) is 24.3 Å². The van der Waals surface area contributed by atoms with Crippen LogP contribution in [0.3, 0.4) is 0 Å². The van der Waals surface area contributed by atoms with Crippen LogP contribution in [0, 0.1) is 5.92 Å². The molecule has 0 spiro atoms. The second kappa shape index (κ2) is 8.12. The molecule has 3 amide bonds. The molecule has 0 bridgehead atoms. The number of hydrogen-bond acceptors (Lipinski definition) is 5. The molecule has 3 rings (SSSR count). The summed E-state index contributed by atoms with van der Waals surface area (Å²) >= 11 is 0. The van der Waals surface area contributed by atoms with E-state index in [0.29, 0.717) is 0 Å². The van der Waals surface area contributed by atoms with Crippen LogP contribution >= 0.6 is 0 Å². The number of rotatable bonds is 6. The summed E-state index contributed by atoms with van der Waals surface area (Å²) in [4.78, 5) is 51.5. The zero-order chi connectivity index (χ0) is 20.4. The average molecular weight is 386 g/mol. The van der Waals surface area contributed by atoms with E-state index in [4.69, 9.17) is 4.74 Å². The van der Waals surface area contributed by atoms with Crippen LogP contribution in [-0.2, 0) is 14.3 Å². The Kier molecular flexibility index (Phi) is 5.82. The van der Waals surface area contributed by atoms with Crippen LogP contribution in [0.2, 0.25) is 0 Å². The Bertz CT molecular complexity index is 763. The van der Waals surface area contributed by atoms with Crippen molar-refractivity contribution in [2.24, 2.45) is 5.92 Å². The number of imide groups is 1. The fraction of sp³-hybridized carbons (Fsp3) is 0.524. The molecule has 2 aliphatic rings. The molecule has 7 nitrogen and oxygen atoms in total. The maximum atomic E-state index is 12.8. The van der Waals surface area contributed by atoms with Crippen molar-refractivity contribution in [1.29, 1.82) is 0 Å². The summed E-state index contributed by atoms with van der Waals surface area (Å²) in [5.74, 6) is -2.50. The molecule has 1 aliphatic carbocycles. The smallest absolute Gasteiger partial charge is 0.330 e. The number of nitrogens with zero attached hydrogens (tertiary/aromatic N) is 1. The van der Waals surface area contributed by atoms with Gasteiger partial charge >= 0.3 is 5.97 Å². The van der Waals surface area contributed by atoms with Crippen molar-refractivity contribution in [2.75, 3.05) is 0 Å². The second-order valence-electron chi connectivity index (χ2n) is 7.78. The molecule has 1 N–H and O–H groups in total. The maximum absolute atomic E-state index is 12.8. The molecule has 0 saturated heterocycles. The summed E-state index contributed by atoms with van der Waals surface area (Å²) in [6.07, 6.45) is 3.01. The Hall–Kier alpha value is -2.70. The SMILES string of the molecule is CC(C)[C@@H](C(=O)O[C@H](C)C(=O)NC1CCCC1)N1C(=O)c2ccccc2C1=O. The number of amides is 3. The summed E-state index contributed by atoms with van der Waals surface area (Å²) in [6.45, 7) is 4.97. The van der Waals surface area contributed by atoms with E-state index in [-0.39, 0.29) is 29.0 Å². The van der Waals surface area contributed by atoms with E-state index in [1.807, 2.05) is 0 Å². The van der Waals surface area contributed by atoms with Gasteiger partial charge in [0, 0.05) is 6.04 Å². The molecule has 1 fully saturated rings. The zero-order valence-electron chi connectivity index (χ0n) is 16.4. The lowest BCUT2D eigenvalue weighted by molar-refractivity contribution is -0.160. The van der Waals surface area contributed by atoms with Gasteiger partial charge in [-0.15, -0.1) is 0 Å². The van der Waals surface area contributed by atoms with E-state index in [1.165, 1.54) is 6.92 Å². The Morgan fingerprint density at radius 2 is 1.57 bits per heavy atom. The molecule has 0 radical (unpaired) electrons. The summed E-state index contributed by atoms with van der Waals surface area (Å²) in [5, 5.41) is 2.89. The van der Waals surface area contributed by atoms with Gasteiger partial charge in [0.25, 0.3) is 17.7 Å². The number of carbonyl (C=O) groups excluding carboxylic acids is 4. The first-order valence-corrected chi connectivity index (χ1v) is 9.79. The first kappa shape index (κ1) is 20.0. The predicted octanol–water partition coefficient (Wildman–Crippen LogP) is 2.30. The molecule has 1 heterocycles. The minimum absolute atomic E-state index is 0.116. The molecule has 0 aromatic heterocycles. The van der Waals surface area contributed by atoms with Gasteiger partial charge in [-0.25, -0.2) is 4.79 Å². The van der Waals surface area contributed by atoms with Crippen LogP contribution in [0.25, 0.3) is 0 Å². The second-order valence-corrected chi connectivity index (χ2v) is 7.78. The number of nitrogens with one attached hydrogen (secondary N) is 1. The molecule has 28 heavy (non-hydrogen) atoms. The Balaban J connectivity index is 1.72. The van der Waals surface area contributed by atoms with Gasteiger partial charge in [0.2, 0.25) is 0 Å². The van der Waals surface area contributed by atoms with E-state index in [9.17, 15) is 19.2 Å². The molecule has 2 atom stereocenters. The molecule has 150 valence electrons. The number of esters is 1. The van der Waals surface area contributed by atoms with E-state index >= 15 is 0 Å². The van der Waals surface area contributed by atoms with Gasteiger partial charge in [-0.3, -0.25) is 19.3 Å². The Morgan fingerprint density at radius 1 is 1.04 bits per heavy atom. The Morgan fingerprint density at radius 3 is 2.07 bits per heavy atom. The normalized spacial score (nSPS) is 18.9. The van der Waals surface area contributed by atoms with Crippen molar-refractivity contribution in [3.63, 3.8) is 0 Å². The average Bonchev–Trinajstić information content (AvgIpc) is 3.24. The summed E-state index contributed by atoms with van der Waals surface area (Å²) in [5.41, 5.74) is 0.552. The largest absolute Gasteiger partial charge is 0.451 e. The highest BCUT2D eigenvalue weighted by Gasteiger charge is 2.45. The van der Waals surface area contributed by atoms with Crippen molar-refractivity contribution in [2.45, 2.75) is 64.6 Å². The van der Waals surface area contributed by atoms with Crippen LogP contribution in [0.5, 0.6) is 0 Å². The van der Waals surface area contributed by atoms with Crippen molar-refractivity contribution in [3.8, 4) is 0 Å². The van der Waals surface area contributed by atoms with Gasteiger partial charge in [0.05, 0.1) is 11.1 Å². The lowest BCUT2D eigenvalue weighted by Gasteiger charge is -2.28. The third-order valence-electron chi connectivity index (χ3n) is 5.34. The van der Waals surface area contributed by atoms with Crippen LogP contribution in [0.1, 0.15) is 67.2 Å². The van der Waals surface area contributed by atoms with Gasteiger partial charge < -0.3 is 10.1 Å². The van der Waals surface area contributed by atoms with Crippen molar-refractivity contribution < 1.29 is 23.9 Å². The number of benzene rings is 1. The van der Waals surface area contributed by atoms with Crippen LogP contribution in [-0.4, -0.2) is 46.8 Å². The third kappa shape index (κ3) is 3.79. The lowest BCUT2D eigenvalue weighted by atomic mass is 10.0. The standard InChI is InChI=1S/C21H26N2O5/c1-12(2)17(23-19(25)15-10-6-7-11-16(15)20(23)26)21(27)28-13(3)18(24)22-14-8-4-5-9-14/h6-7,10-14,17H,4-5,8-9H2,1-3H3,(H,22,24)/t13-,17+/m1/s1. The highest BCUT2D eigenvalue weighted by atomic mass is 16.5. The summed E-state index contributed by atoms with van der Waals surface area (Å²) in [7, 11) is 0. The molecular formula is C21H26N2O5. The highest BCUT2D eigenvalue weighted by molar-refractivity contribution is 6.22. The number of fused-ring (bicyclic) bond motifs is 1. The molecule has 1 aromatic carbocycles. The van der Waals surface area contributed by atoms with Gasteiger partial charge in [0.1, 0.15) is 6.04 Å². The van der Waals surface area contributed by atoms with Crippen LogP contribution in [0.4, 0.5) is 0 Å². The fourth-order valence-electron chi connectivity index (χ4n) is 3.82. The third-order valence-corrected chi connectivity index (χ3v) is 5.34. The molecule has 7 heteroatoms. The van der Waals surface area contributed by atoms with Crippen molar-refractivity contribution in [3.05, 3.63) is 35.4 Å². The van der Waals surface area contributed by atoms with Gasteiger partial charge in [-0.2, -0.15) is 0 Å². The molecule has 1 saturated carbocycles. The van der Waals surface area contributed by atoms with Crippen molar-refractivity contribution in [1.82, 2.24) is 10.2 Å². The topological polar surface area (TPSA) is 92.8 Å².